The van der Waals surface area contributed by atoms with Gasteiger partial charge in [0.1, 0.15) is 6.10 Å². The SMILES string of the molecule is C[C@@]12C(c3cccc(Cl)c3)=NO[C@@H]1CCC[C@@H]2O. The van der Waals surface area contributed by atoms with Gasteiger partial charge < -0.3 is 9.94 Å². The number of nitrogens with zero attached hydrogens (tertiary/aromatic N) is 1. The van der Waals surface area contributed by atoms with Gasteiger partial charge in [-0.25, -0.2) is 0 Å². The number of oxime groups is 1. The van der Waals surface area contributed by atoms with Gasteiger partial charge in [-0.15, -0.1) is 0 Å². The van der Waals surface area contributed by atoms with E-state index < -0.39 is 11.5 Å². The van der Waals surface area contributed by atoms with Crippen LogP contribution < -0.4 is 0 Å². The van der Waals surface area contributed by atoms with Gasteiger partial charge in [0, 0.05) is 10.6 Å². The monoisotopic (exact) mass is 265 g/mol. The molecular formula is C14H16ClNO2. The predicted octanol–water partition coefficient (Wildman–Crippen LogP) is 2.99. The number of aliphatic hydroxyl groups is 1. The predicted molar refractivity (Wildman–Crippen MR) is 70.8 cm³/mol. The lowest BCUT2D eigenvalue weighted by Gasteiger charge is -2.38. The fraction of sp³-hybridized carbons (Fsp3) is 0.500. The van der Waals surface area contributed by atoms with Crippen LogP contribution in [0.1, 0.15) is 31.7 Å². The van der Waals surface area contributed by atoms with E-state index in [1.807, 2.05) is 31.2 Å². The van der Waals surface area contributed by atoms with Crippen molar-refractivity contribution >= 4 is 17.3 Å². The van der Waals surface area contributed by atoms with E-state index in [1.165, 1.54) is 0 Å². The Balaban J connectivity index is 2.02. The van der Waals surface area contributed by atoms with Crippen molar-refractivity contribution in [1.82, 2.24) is 0 Å². The second-order valence-corrected chi connectivity index (χ2v) is 5.71. The molecule has 0 saturated heterocycles. The van der Waals surface area contributed by atoms with Gasteiger partial charge in [0.05, 0.1) is 17.2 Å². The van der Waals surface area contributed by atoms with Crippen molar-refractivity contribution < 1.29 is 9.94 Å². The first-order chi connectivity index (χ1) is 8.62. The molecule has 3 atom stereocenters. The Kier molecular flexibility index (Phi) is 2.83. The normalized spacial score (nSPS) is 34.7. The molecule has 1 heterocycles. The van der Waals surface area contributed by atoms with Gasteiger partial charge >= 0.3 is 0 Å². The first kappa shape index (κ1) is 12.0. The fourth-order valence-corrected chi connectivity index (χ4v) is 3.19. The maximum Gasteiger partial charge on any atom is 0.141 e. The Hall–Kier alpha value is -1.06. The summed E-state index contributed by atoms with van der Waals surface area (Å²) >= 11 is 6.02. The van der Waals surface area contributed by atoms with Gasteiger partial charge in [-0.05, 0) is 38.3 Å². The Morgan fingerprint density at radius 2 is 2.28 bits per heavy atom. The number of hydrogen-bond acceptors (Lipinski definition) is 3. The summed E-state index contributed by atoms with van der Waals surface area (Å²) in [5, 5.41) is 15.2. The van der Waals surface area contributed by atoms with Crippen LogP contribution in [0.2, 0.25) is 5.02 Å². The molecule has 4 heteroatoms. The molecule has 1 fully saturated rings. The second-order valence-electron chi connectivity index (χ2n) is 5.27. The number of hydrogen-bond donors (Lipinski definition) is 1. The topological polar surface area (TPSA) is 41.8 Å². The molecule has 96 valence electrons. The maximum absolute atomic E-state index is 10.3. The third-order valence-electron chi connectivity index (χ3n) is 4.18. The molecule has 1 N–H and O–H groups in total. The summed E-state index contributed by atoms with van der Waals surface area (Å²) in [6.07, 6.45) is 2.31. The molecule has 1 aliphatic heterocycles. The van der Waals surface area contributed by atoms with Gasteiger partial charge in [0.2, 0.25) is 0 Å². The van der Waals surface area contributed by atoms with Crippen molar-refractivity contribution in [2.75, 3.05) is 0 Å². The highest BCUT2D eigenvalue weighted by Crippen LogP contribution is 2.45. The lowest BCUT2D eigenvalue weighted by atomic mass is 9.67. The number of aliphatic hydroxyl groups excluding tert-OH is 1. The van der Waals surface area contributed by atoms with Crippen molar-refractivity contribution in [3.8, 4) is 0 Å². The van der Waals surface area contributed by atoms with Crippen LogP contribution in [0.5, 0.6) is 0 Å². The van der Waals surface area contributed by atoms with Crippen molar-refractivity contribution in [1.29, 1.82) is 0 Å². The number of benzene rings is 1. The van der Waals surface area contributed by atoms with Crippen molar-refractivity contribution in [2.45, 2.75) is 38.4 Å². The maximum atomic E-state index is 10.3. The molecule has 1 aromatic carbocycles. The average molecular weight is 266 g/mol. The number of fused-ring (bicyclic) bond motifs is 1. The lowest BCUT2D eigenvalue weighted by molar-refractivity contribution is -0.0605. The van der Waals surface area contributed by atoms with Crippen LogP contribution in [0.3, 0.4) is 0 Å². The molecule has 1 aromatic rings. The molecule has 3 nitrogen and oxygen atoms in total. The first-order valence-electron chi connectivity index (χ1n) is 6.30. The van der Waals surface area contributed by atoms with E-state index >= 15 is 0 Å². The van der Waals surface area contributed by atoms with E-state index in [2.05, 4.69) is 5.16 Å². The fourth-order valence-electron chi connectivity index (χ4n) is 3.00. The highest BCUT2D eigenvalue weighted by molar-refractivity contribution is 6.31. The van der Waals surface area contributed by atoms with E-state index in [4.69, 9.17) is 16.4 Å². The molecule has 0 unspecified atom stereocenters. The van der Waals surface area contributed by atoms with Crippen LogP contribution >= 0.6 is 11.6 Å². The molecule has 18 heavy (non-hydrogen) atoms. The highest BCUT2D eigenvalue weighted by Gasteiger charge is 2.53. The lowest BCUT2D eigenvalue weighted by Crippen LogP contribution is -2.49. The molecule has 0 radical (unpaired) electrons. The Labute approximate surface area is 111 Å². The second kappa shape index (κ2) is 4.25. The molecule has 1 aliphatic carbocycles. The Bertz CT molecular complexity index is 502. The first-order valence-corrected chi connectivity index (χ1v) is 6.68. The summed E-state index contributed by atoms with van der Waals surface area (Å²) in [6.45, 7) is 2.04. The smallest absolute Gasteiger partial charge is 0.141 e. The average Bonchev–Trinajstić information content (AvgIpc) is 2.69. The molecule has 0 bridgehead atoms. The van der Waals surface area contributed by atoms with E-state index in [1.54, 1.807) is 0 Å². The molecular weight excluding hydrogens is 250 g/mol. The zero-order valence-electron chi connectivity index (χ0n) is 10.3. The third kappa shape index (κ3) is 1.65. The zero-order valence-corrected chi connectivity index (χ0v) is 11.0. The largest absolute Gasteiger partial charge is 0.392 e. The Morgan fingerprint density at radius 1 is 1.44 bits per heavy atom. The minimum atomic E-state index is -0.414. The van der Waals surface area contributed by atoms with Crippen LogP contribution in [-0.2, 0) is 4.84 Å². The number of halogens is 1. The molecule has 2 aliphatic rings. The van der Waals surface area contributed by atoms with E-state index in [0.717, 1.165) is 30.5 Å². The van der Waals surface area contributed by atoms with Gasteiger partial charge in [-0.2, -0.15) is 0 Å². The minimum absolute atomic E-state index is 0.0183. The van der Waals surface area contributed by atoms with E-state index in [0.29, 0.717) is 5.02 Å². The van der Waals surface area contributed by atoms with Crippen molar-refractivity contribution in [2.24, 2.45) is 10.6 Å². The Morgan fingerprint density at radius 3 is 3.06 bits per heavy atom. The summed E-state index contributed by atoms with van der Waals surface area (Å²) in [6, 6.07) is 7.56. The van der Waals surface area contributed by atoms with Crippen molar-refractivity contribution in [3.05, 3.63) is 34.9 Å². The van der Waals surface area contributed by atoms with Crippen LogP contribution in [0, 0.1) is 5.41 Å². The minimum Gasteiger partial charge on any atom is -0.392 e. The standard InChI is InChI=1S/C14H16ClNO2/c1-14-11(17)6-3-7-12(14)18-16-13(14)9-4-2-5-10(15)8-9/h2,4-5,8,11-12,17H,3,6-7H2,1H3/t11-,12+,14-/m0/s1. The summed E-state index contributed by atoms with van der Waals surface area (Å²) in [7, 11) is 0. The summed E-state index contributed by atoms with van der Waals surface area (Å²) < 4.78 is 0. The highest BCUT2D eigenvalue weighted by atomic mass is 35.5. The third-order valence-corrected chi connectivity index (χ3v) is 4.42. The number of rotatable bonds is 1. The summed E-state index contributed by atoms with van der Waals surface area (Å²) in [4.78, 5) is 5.52. The van der Waals surface area contributed by atoms with Gasteiger partial charge in [0.25, 0.3) is 0 Å². The molecule has 0 aromatic heterocycles. The molecule has 1 saturated carbocycles. The van der Waals surface area contributed by atoms with Gasteiger partial charge in [0.15, 0.2) is 0 Å². The molecule has 0 amide bonds. The quantitative estimate of drug-likeness (QED) is 0.848. The van der Waals surface area contributed by atoms with Gasteiger partial charge in [-0.1, -0.05) is 28.9 Å². The zero-order chi connectivity index (χ0) is 12.8. The summed E-state index contributed by atoms with van der Waals surface area (Å²) in [5.41, 5.74) is 1.35. The van der Waals surface area contributed by atoms with E-state index in [-0.39, 0.29) is 6.10 Å². The van der Waals surface area contributed by atoms with Crippen LogP contribution in [0.25, 0.3) is 0 Å². The van der Waals surface area contributed by atoms with Crippen LogP contribution in [0.4, 0.5) is 0 Å². The summed E-state index contributed by atoms with van der Waals surface area (Å²) in [5.74, 6) is 0. The van der Waals surface area contributed by atoms with Crippen molar-refractivity contribution in [3.63, 3.8) is 0 Å². The van der Waals surface area contributed by atoms with Crippen LogP contribution in [-0.4, -0.2) is 23.0 Å². The van der Waals surface area contributed by atoms with Crippen LogP contribution in [0.15, 0.2) is 29.4 Å². The molecule has 0 spiro atoms. The van der Waals surface area contributed by atoms with E-state index in [9.17, 15) is 5.11 Å². The van der Waals surface area contributed by atoms with Gasteiger partial charge in [-0.3, -0.25) is 0 Å². The molecule has 3 rings (SSSR count).